The highest BCUT2D eigenvalue weighted by molar-refractivity contribution is 7.03. The van der Waals surface area contributed by atoms with E-state index in [4.69, 9.17) is 15.2 Å². The summed E-state index contributed by atoms with van der Waals surface area (Å²) >= 11 is 1.29. The molecule has 0 radical (unpaired) electrons. The van der Waals surface area contributed by atoms with Crippen molar-refractivity contribution >= 4 is 30.0 Å². The topological polar surface area (TPSA) is 111 Å². The second kappa shape index (κ2) is 12.0. The monoisotopic (exact) mass is 450 g/mol. The number of nitrogens with two attached hydrogens (primary N) is 1. The zero-order valence-corrected chi connectivity index (χ0v) is 17.7. The average Bonchev–Trinajstić information content (AvgIpc) is 3.27. The van der Waals surface area contributed by atoms with Gasteiger partial charge in [0.1, 0.15) is 36.5 Å². The largest absolute Gasteiger partial charge is 0.492 e. The van der Waals surface area contributed by atoms with Crippen molar-refractivity contribution in [2.45, 2.75) is 6.10 Å². The van der Waals surface area contributed by atoms with Gasteiger partial charge in [-0.05, 0) is 47.9 Å². The molecule has 1 aromatic heterocycles. The average molecular weight is 451 g/mol. The number of amides is 2. The van der Waals surface area contributed by atoms with Crippen molar-refractivity contribution in [3.05, 3.63) is 60.0 Å². The number of aromatic nitrogens is 2. The first-order chi connectivity index (χ1) is 14.1. The van der Waals surface area contributed by atoms with Crippen molar-refractivity contribution in [2.75, 3.05) is 26.3 Å². The number of primary amides is 1. The molecule has 2 aromatic carbocycles. The maximum atomic E-state index is 11.6. The van der Waals surface area contributed by atoms with Crippen LogP contribution in [-0.4, -0.2) is 58.0 Å². The summed E-state index contributed by atoms with van der Waals surface area (Å²) in [5.41, 5.74) is 7.14. The Hall–Kier alpha value is -2.88. The molecule has 10 heteroatoms. The number of aliphatic hydroxyl groups excluding tert-OH is 1. The zero-order valence-electron chi connectivity index (χ0n) is 16.1. The summed E-state index contributed by atoms with van der Waals surface area (Å²) in [7, 11) is 0. The van der Waals surface area contributed by atoms with Crippen LogP contribution < -0.4 is 15.2 Å². The number of hydrogen-bond donors (Lipinski definition) is 2. The molecule has 1 unspecified atom stereocenters. The normalized spacial score (nSPS) is 11.2. The molecule has 2 amide bonds. The Morgan fingerprint density at radius 1 is 1.10 bits per heavy atom. The molecule has 0 aliphatic carbocycles. The van der Waals surface area contributed by atoms with Gasteiger partial charge in [-0.2, -0.15) is 0 Å². The molecule has 1 atom stereocenters. The number of nitrogens with zero attached hydrogens (tertiary/aromatic N) is 3. The third kappa shape index (κ3) is 7.18. The van der Waals surface area contributed by atoms with E-state index in [1.165, 1.54) is 16.4 Å². The van der Waals surface area contributed by atoms with Crippen LogP contribution in [0.3, 0.4) is 0 Å². The fraction of sp³-hybridized carbons (Fsp3) is 0.250. The molecule has 0 bridgehead atoms. The maximum Gasteiger partial charge on any atom is 0.314 e. The molecule has 1 heterocycles. The van der Waals surface area contributed by atoms with Gasteiger partial charge in [0.15, 0.2) is 0 Å². The number of urea groups is 1. The Bertz CT molecular complexity index is 882. The van der Waals surface area contributed by atoms with Crippen LogP contribution in [0.15, 0.2) is 60.0 Å². The van der Waals surface area contributed by atoms with Crippen LogP contribution in [0.2, 0.25) is 0 Å². The number of aliphatic hydroxyl groups is 1. The Labute approximate surface area is 184 Å². The highest BCUT2D eigenvalue weighted by atomic mass is 35.5. The summed E-state index contributed by atoms with van der Waals surface area (Å²) in [6.45, 7) is 0.613. The summed E-state index contributed by atoms with van der Waals surface area (Å²) in [5, 5.41) is 16.1. The smallest absolute Gasteiger partial charge is 0.314 e. The van der Waals surface area contributed by atoms with Crippen LogP contribution in [0.5, 0.6) is 11.5 Å². The van der Waals surface area contributed by atoms with E-state index in [0.717, 1.165) is 11.3 Å². The quantitative estimate of drug-likeness (QED) is 0.491. The number of benzene rings is 2. The number of hydrogen-bond acceptors (Lipinski definition) is 7. The molecular formula is C20H23ClN4O4S. The fourth-order valence-corrected chi connectivity index (χ4v) is 3.06. The minimum absolute atomic E-state index is 0. The van der Waals surface area contributed by atoms with Crippen molar-refractivity contribution in [1.29, 1.82) is 0 Å². The lowest BCUT2D eigenvalue weighted by Gasteiger charge is -2.23. The van der Waals surface area contributed by atoms with Crippen molar-refractivity contribution < 1.29 is 19.4 Å². The number of ether oxygens (including phenoxy) is 2. The molecular weight excluding hydrogens is 428 g/mol. The summed E-state index contributed by atoms with van der Waals surface area (Å²) < 4.78 is 15.0. The predicted octanol–water partition coefficient (Wildman–Crippen LogP) is 2.83. The Kier molecular flexibility index (Phi) is 9.33. The summed E-state index contributed by atoms with van der Waals surface area (Å²) in [5.74, 6) is 1.31. The molecule has 0 spiro atoms. The van der Waals surface area contributed by atoms with Crippen LogP contribution >= 0.6 is 23.9 Å². The first-order valence-electron chi connectivity index (χ1n) is 9.02. The van der Waals surface area contributed by atoms with Gasteiger partial charge in [-0.1, -0.05) is 22.7 Å². The van der Waals surface area contributed by atoms with E-state index >= 15 is 0 Å². The Morgan fingerprint density at radius 3 is 2.43 bits per heavy atom. The molecule has 8 nitrogen and oxygen atoms in total. The van der Waals surface area contributed by atoms with Gasteiger partial charge < -0.3 is 25.2 Å². The zero-order chi connectivity index (χ0) is 20.5. The van der Waals surface area contributed by atoms with E-state index < -0.39 is 12.1 Å². The molecule has 0 fully saturated rings. The summed E-state index contributed by atoms with van der Waals surface area (Å²) in [6, 6.07) is 16.0. The summed E-state index contributed by atoms with van der Waals surface area (Å²) in [6.07, 6.45) is -0.887. The summed E-state index contributed by atoms with van der Waals surface area (Å²) in [4.78, 5) is 13.0. The third-order valence-electron chi connectivity index (χ3n) is 4.07. The third-order valence-corrected chi connectivity index (χ3v) is 4.57. The van der Waals surface area contributed by atoms with Crippen LogP contribution in [0.1, 0.15) is 0 Å². The van der Waals surface area contributed by atoms with Gasteiger partial charge >= 0.3 is 6.03 Å². The highest BCUT2D eigenvalue weighted by Crippen LogP contribution is 2.21. The molecule has 0 aliphatic heterocycles. The van der Waals surface area contributed by atoms with E-state index in [2.05, 4.69) is 9.59 Å². The molecule has 0 saturated heterocycles. The first kappa shape index (κ1) is 23.4. The van der Waals surface area contributed by atoms with Gasteiger partial charge in [-0.25, -0.2) is 4.79 Å². The van der Waals surface area contributed by atoms with Crippen LogP contribution in [-0.2, 0) is 0 Å². The lowest BCUT2D eigenvalue weighted by molar-refractivity contribution is 0.0746. The van der Waals surface area contributed by atoms with E-state index in [1.54, 1.807) is 12.1 Å². The van der Waals surface area contributed by atoms with E-state index in [-0.39, 0.29) is 38.7 Å². The van der Waals surface area contributed by atoms with Gasteiger partial charge in [0.2, 0.25) is 0 Å². The molecule has 0 saturated carbocycles. The predicted molar refractivity (Wildman–Crippen MR) is 117 cm³/mol. The fourth-order valence-electron chi connectivity index (χ4n) is 2.59. The van der Waals surface area contributed by atoms with Crippen molar-refractivity contribution in [3.8, 4) is 22.8 Å². The van der Waals surface area contributed by atoms with Gasteiger partial charge in [0.25, 0.3) is 0 Å². The number of rotatable bonds is 10. The van der Waals surface area contributed by atoms with Crippen LogP contribution in [0.25, 0.3) is 11.3 Å². The Balaban J connectivity index is 0.00000320. The number of halogens is 1. The second-order valence-corrected chi connectivity index (χ2v) is 6.83. The minimum Gasteiger partial charge on any atom is -0.492 e. The molecule has 3 rings (SSSR count). The minimum atomic E-state index is -0.887. The standard InChI is InChI=1S/C20H22N4O4S.ClH/c21-20(26)24(10-11-27-17-4-2-1-3-5-17)12-16(25)13-28-18-8-6-15(7-9-18)19-14-29-23-22-19;/h1-9,14,16,25H,10-13H2,(H2,21,26);1H. The molecule has 0 aliphatic rings. The lowest BCUT2D eigenvalue weighted by Crippen LogP contribution is -2.44. The second-order valence-electron chi connectivity index (χ2n) is 6.23. The van der Waals surface area contributed by atoms with Crippen LogP contribution in [0.4, 0.5) is 4.79 Å². The number of carbonyl (C=O) groups excluding carboxylic acids is 1. The molecule has 3 aromatic rings. The van der Waals surface area contributed by atoms with Gasteiger partial charge in [0, 0.05) is 10.9 Å². The first-order valence-corrected chi connectivity index (χ1v) is 9.86. The van der Waals surface area contributed by atoms with Gasteiger partial charge in [-0.15, -0.1) is 17.5 Å². The van der Waals surface area contributed by atoms with E-state index in [1.807, 2.05) is 47.8 Å². The molecule has 30 heavy (non-hydrogen) atoms. The van der Waals surface area contributed by atoms with Crippen LogP contribution in [0, 0.1) is 0 Å². The van der Waals surface area contributed by atoms with Crippen molar-refractivity contribution in [1.82, 2.24) is 14.5 Å². The maximum absolute atomic E-state index is 11.6. The Morgan fingerprint density at radius 2 is 1.80 bits per heavy atom. The number of carbonyl (C=O) groups is 1. The van der Waals surface area contributed by atoms with Crippen molar-refractivity contribution in [2.24, 2.45) is 5.73 Å². The van der Waals surface area contributed by atoms with Gasteiger partial charge in [0.05, 0.1) is 13.1 Å². The van der Waals surface area contributed by atoms with E-state index in [0.29, 0.717) is 11.5 Å². The number of para-hydroxylation sites is 1. The lowest BCUT2D eigenvalue weighted by atomic mass is 10.2. The molecule has 3 N–H and O–H groups in total. The SMILES string of the molecule is Cl.NC(=O)N(CCOc1ccccc1)CC(O)COc1ccc(-c2csnn2)cc1. The molecule has 160 valence electrons. The van der Waals surface area contributed by atoms with Crippen molar-refractivity contribution in [3.63, 3.8) is 0 Å². The highest BCUT2D eigenvalue weighted by Gasteiger charge is 2.16. The van der Waals surface area contributed by atoms with E-state index in [9.17, 15) is 9.90 Å². The van der Waals surface area contributed by atoms with Gasteiger partial charge in [-0.3, -0.25) is 0 Å².